The largest absolute Gasteiger partial charge is 0.357 e. The summed E-state index contributed by atoms with van der Waals surface area (Å²) in [7, 11) is 0. The minimum atomic E-state index is -1.57. The first kappa shape index (κ1) is 19.6. The predicted octanol–water partition coefficient (Wildman–Crippen LogP) is 5.57. The molecule has 1 fully saturated rings. The minimum Gasteiger partial charge on any atom is -0.357 e. The van der Waals surface area contributed by atoms with Crippen molar-refractivity contribution in [2.24, 2.45) is 0 Å². The van der Waals surface area contributed by atoms with Crippen molar-refractivity contribution in [2.75, 3.05) is 13.1 Å². The molecule has 3 rings (SSSR count). The number of hydrogen-bond acceptors (Lipinski definition) is 4. The zero-order valence-corrected chi connectivity index (χ0v) is 16.5. The second kappa shape index (κ2) is 8.13. The molecule has 1 aliphatic rings. The van der Waals surface area contributed by atoms with E-state index in [4.69, 9.17) is 4.52 Å². The third kappa shape index (κ3) is 4.29. The van der Waals surface area contributed by atoms with Gasteiger partial charge in [-0.05, 0) is 52.2 Å². The Bertz CT molecular complexity index is 709. The van der Waals surface area contributed by atoms with Gasteiger partial charge in [0.1, 0.15) is 5.69 Å². The predicted molar refractivity (Wildman–Crippen MR) is 99.8 cm³/mol. The van der Waals surface area contributed by atoms with Gasteiger partial charge in [-0.15, -0.1) is 11.3 Å². The van der Waals surface area contributed by atoms with Crippen LogP contribution < -0.4 is 0 Å². The molecular weight excluding hydrogens is 339 g/mol. The third-order valence-corrected chi connectivity index (χ3v) is 5.24. The number of halogens is 1. The van der Waals surface area contributed by atoms with E-state index in [1.165, 1.54) is 31.6 Å². The van der Waals surface area contributed by atoms with Crippen LogP contribution in [0.1, 0.15) is 68.0 Å². The number of alkyl halides is 1. The van der Waals surface area contributed by atoms with Crippen molar-refractivity contribution in [3.05, 3.63) is 28.3 Å². The SMILES string of the molecule is CC.Cc1c(-c2ccc(C(=O)N3CCCCC3)s2)noc1C(C)(C)F. The zero-order valence-electron chi connectivity index (χ0n) is 15.7. The molecule has 0 atom stereocenters. The number of aromatic nitrogens is 1. The maximum Gasteiger partial charge on any atom is 0.263 e. The molecule has 0 unspecified atom stereocenters. The van der Waals surface area contributed by atoms with Crippen molar-refractivity contribution in [3.8, 4) is 10.6 Å². The highest BCUT2D eigenvalue weighted by atomic mass is 32.1. The van der Waals surface area contributed by atoms with Gasteiger partial charge < -0.3 is 9.42 Å². The van der Waals surface area contributed by atoms with Crippen LogP contribution in [-0.4, -0.2) is 29.1 Å². The van der Waals surface area contributed by atoms with E-state index in [1.807, 2.05) is 30.9 Å². The number of carbonyl (C=O) groups excluding carboxylic acids is 1. The minimum absolute atomic E-state index is 0.0770. The highest BCUT2D eigenvalue weighted by Crippen LogP contribution is 2.36. The number of hydrogen-bond donors (Lipinski definition) is 0. The van der Waals surface area contributed by atoms with Crippen LogP contribution in [0.4, 0.5) is 4.39 Å². The lowest BCUT2D eigenvalue weighted by atomic mass is 10.0. The number of amides is 1. The van der Waals surface area contributed by atoms with Crippen molar-refractivity contribution in [1.82, 2.24) is 10.1 Å². The van der Waals surface area contributed by atoms with Gasteiger partial charge >= 0.3 is 0 Å². The van der Waals surface area contributed by atoms with E-state index in [2.05, 4.69) is 5.16 Å². The third-order valence-electron chi connectivity index (χ3n) is 4.16. The summed E-state index contributed by atoms with van der Waals surface area (Å²) < 4.78 is 19.3. The smallest absolute Gasteiger partial charge is 0.263 e. The van der Waals surface area contributed by atoms with Crippen LogP contribution in [0.5, 0.6) is 0 Å². The van der Waals surface area contributed by atoms with Gasteiger partial charge in [0.15, 0.2) is 11.4 Å². The van der Waals surface area contributed by atoms with Crippen LogP contribution in [0.3, 0.4) is 0 Å². The average Bonchev–Trinajstić information content (AvgIpc) is 3.23. The standard InChI is InChI=1S/C17H21FN2O2S.C2H6/c1-11-14(19-22-15(11)17(2,3)18)12-7-8-13(23-12)16(21)20-9-5-4-6-10-20;1-2/h7-8H,4-6,9-10H2,1-3H3;1-2H3. The van der Waals surface area contributed by atoms with Gasteiger partial charge in [0.25, 0.3) is 5.91 Å². The summed E-state index contributed by atoms with van der Waals surface area (Å²) in [5.74, 6) is 0.318. The Morgan fingerprint density at radius 1 is 1.24 bits per heavy atom. The topological polar surface area (TPSA) is 46.3 Å². The zero-order chi connectivity index (χ0) is 18.6. The molecule has 2 aromatic rings. The monoisotopic (exact) mass is 366 g/mol. The van der Waals surface area contributed by atoms with Crippen molar-refractivity contribution in [2.45, 2.75) is 59.5 Å². The molecule has 1 saturated heterocycles. The second-order valence-electron chi connectivity index (χ2n) is 6.47. The van der Waals surface area contributed by atoms with E-state index in [1.54, 1.807) is 6.92 Å². The number of carbonyl (C=O) groups is 1. The van der Waals surface area contributed by atoms with Crippen molar-refractivity contribution in [1.29, 1.82) is 0 Å². The molecule has 0 radical (unpaired) electrons. The molecule has 1 amide bonds. The molecule has 0 aromatic carbocycles. The molecule has 1 aliphatic heterocycles. The van der Waals surface area contributed by atoms with Crippen molar-refractivity contribution < 1.29 is 13.7 Å². The molecule has 138 valence electrons. The summed E-state index contributed by atoms with van der Waals surface area (Å²) in [5.41, 5.74) is -0.260. The van der Waals surface area contributed by atoms with Gasteiger partial charge in [0.05, 0.1) is 9.75 Å². The maximum atomic E-state index is 14.1. The summed E-state index contributed by atoms with van der Waals surface area (Å²) in [6.45, 7) is 10.4. The summed E-state index contributed by atoms with van der Waals surface area (Å²) >= 11 is 1.39. The summed E-state index contributed by atoms with van der Waals surface area (Å²) in [6, 6.07) is 3.69. The van der Waals surface area contributed by atoms with Crippen LogP contribution in [-0.2, 0) is 5.67 Å². The van der Waals surface area contributed by atoms with Crippen LogP contribution >= 0.6 is 11.3 Å². The van der Waals surface area contributed by atoms with Gasteiger partial charge in [-0.3, -0.25) is 4.79 Å². The van der Waals surface area contributed by atoms with Gasteiger partial charge in [-0.2, -0.15) is 0 Å². The Morgan fingerprint density at radius 2 is 1.88 bits per heavy atom. The number of nitrogens with zero attached hydrogens (tertiary/aromatic N) is 2. The Balaban J connectivity index is 0.00000109. The number of thiophene rings is 1. The van der Waals surface area contributed by atoms with Crippen molar-refractivity contribution >= 4 is 17.2 Å². The quantitative estimate of drug-likeness (QED) is 0.713. The van der Waals surface area contributed by atoms with E-state index >= 15 is 0 Å². The molecule has 0 bridgehead atoms. The molecule has 25 heavy (non-hydrogen) atoms. The highest BCUT2D eigenvalue weighted by Gasteiger charge is 2.29. The molecule has 0 aliphatic carbocycles. The van der Waals surface area contributed by atoms with Crippen LogP contribution in [0.2, 0.25) is 0 Å². The van der Waals surface area contributed by atoms with E-state index in [0.29, 0.717) is 16.1 Å². The maximum absolute atomic E-state index is 14.1. The Hall–Kier alpha value is -1.69. The summed E-state index contributed by atoms with van der Waals surface area (Å²) in [5, 5.41) is 4.01. The molecule has 2 aromatic heterocycles. The lowest BCUT2D eigenvalue weighted by molar-refractivity contribution is 0.0729. The van der Waals surface area contributed by atoms with Gasteiger partial charge in [-0.1, -0.05) is 19.0 Å². The molecule has 6 heteroatoms. The molecule has 0 spiro atoms. The summed E-state index contributed by atoms with van der Waals surface area (Å²) in [4.78, 5) is 16.0. The van der Waals surface area contributed by atoms with Gasteiger partial charge in [-0.25, -0.2) is 4.39 Å². The molecule has 4 nitrogen and oxygen atoms in total. The van der Waals surface area contributed by atoms with E-state index in [-0.39, 0.29) is 11.7 Å². The van der Waals surface area contributed by atoms with Gasteiger partial charge in [0, 0.05) is 18.7 Å². The lowest BCUT2D eigenvalue weighted by Gasteiger charge is -2.26. The van der Waals surface area contributed by atoms with Gasteiger partial charge in [0.2, 0.25) is 0 Å². The van der Waals surface area contributed by atoms with Crippen LogP contribution in [0.15, 0.2) is 16.7 Å². The van der Waals surface area contributed by atoms with Crippen LogP contribution in [0, 0.1) is 6.92 Å². The molecule has 3 heterocycles. The second-order valence-corrected chi connectivity index (χ2v) is 7.56. The first-order valence-corrected chi connectivity index (χ1v) is 9.74. The number of likely N-dealkylation sites (tertiary alicyclic amines) is 1. The molecular formula is C19H27FN2O2S. The Morgan fingerprint density at radius 3 is 2.44 bits per heavy atom. The number of piperidine rings is 1. The van der Waals surface area contributed by atoms with Crippen molar-refractivity contribution in [3.63, 3.8) is 0 Å². The summed E-state index contributed by atoms with van der Waals surface area (Å²) in [6.07, 6.45) is 3.34. The van der Waals surface area contributed by atoms with Crippen LogP contribution in [0.25, 0.3) is 10.6 Å². The van der Waals surface area contributed by atoms with E-state index in [0.717, 1.165) is 30.8 Å². The fourth-order valence-corrected chi connectivity index (χ4v) is 3.97. The first-order chi connectivity index (χ1) is 11.9. The van der Waals surface area contributed by atoms with E-state index < -0.39 is 5.67 Å². The lowest BCUT2D eigenvalue weighted by Crippen LogP contribution is -2.35. The Kier molecular flexibility index (Phi) is 6.38. The highest BCUT2D eigenvalue weighted by molar-refractivity contribution is 7.17. The fourth-order valence-electron chi connectivity index (χ4n) is 2.95. The number of rotatable bonds is 3. The average molecular weight is 367 g/mol. The normalized spacial score (nSPS) is 14.9. The Labute approximate surface area is 153 Å². The molecule has 0 N–H and O–H groups in total. The molecule has 0 saturated carbocycles. The van der Waals surface area contributed by atoms with E-state index in [9.17, 15) is 9.18 Å². The fraction of sp³-hybridized carbons (Fsp3) is 0.579. The first-order valence-electron chi connectivity index (χ1n) is 8.93.